The number of fused-ring (bicyclic) bond motifs is 1. The Labute approximate surface area is 127 Å². The first-order chi connectivity index (χ1) is 10.8. The molecule has 3 rings (SSSR count). The SMILES string of the molecule is O=c1[nH]cnc2c1ncn2C1O[C@H](COP(=O)(O)O)[C@@H](O)[C@H]1O. The maximum atomic E-state index is 11.6. The average molecular weight is 348 g/mol. The fraction of sp³-hybridized carbons (Fsp3) is 0.500. The first-order valence-electron chi connectivity index (χ1n) is 6.40. The van der Waals surface area contributed by atoms with Gasteiger partial charge in [-0.15, -0.1) is 0 Å². The molecular formula is C10H13N4O8P. The number of H-pyrrole nitrogens is 1. The van der Waals surface area contributed by atoms with Gasteiger partial charge in [-0.05, 0) is 0 Å². The molecule has 0 aromatic carbocycles. The molecule has 126 valence electrons. The number of nitrogens with zero attached hydrogens (tertiary/aromatic N) is 3. The molecule has 5 N–H and O–H groups in total. The van der Waals surface area contributed by atoms with Crippen molar-refractivity contribution in [2.75, 3.05) is 6.61 Å². The summed E-state index contributed by atoms with van der Waals surface area (Å²) in [5.41, 5.74) is -0.336. The number of aromatic amines is 1. The van der Waals surface area contributed by atoms with Crippen molar-refractivity contribution < 1.29 is 33.8 Å². The highest BCUT2D eigenvalue weighted by molar-refractivity contribution is 7.46. The van der Waals surface area contributed by atoms with Crippen LogP contribution in [0.2, 0.25) is 0 Å². The predicted octanol–water partition coefficient (Wildman–Crippen LogP) is -2.15. The van der Waals surface area contributed by atoms with Crippen molar-refractivity contribution in [3.05, 3.63) is 23.0 Å². The molecule has 0 saturated carbocycles. The quantitative estimate of drug-likeness (QED) is 0.382. The molecule has 0 spiro atoms. The van der Waals surface area contributed by atoms with Crippen molar-refractivity contribution in [1.82, 2.24) is 19.5 Å². The Morgan fingerprint density at radius 3 is 2.78 bits per heavy atom. The van der Waals surface area contributed by atoms with Crippen LogP contribution in [-0.4, -0.2) is 64.4 Å². The Hall–Kier alpha value is -1.66. The minimum atomic E-state index is -4.74. The summed E-state index contributed by atoms with van der Waals surface area (Å²) < 4.78 is 21.6. The standard InChI is InChI=1S/C10H13N4O8P/c15-6-4(1-21-23(18,19)20)22-10(7(6)16)14-3-13-5-8(14)11-2-12-9(5)17/h2-4,6-7,10,15-16H,1H2,(H,11,12,17)(H2,18,19,20)/t4-,6-,7-,10?/m1/s1. The Morgan fingerprint density at radius 1 is 1.35 bits per heavy atom. The van der Waals surface area contributed by atoms with E-state index in [9.17, 15) is 19.6 Å². The fourth-order valence-electron chi connectivity index (χ4n) is 2.32. The molecule has 1 fully saturated rings. The summed E-state index contributed by atoms with van der Waals surface area (Å²) >= 11 is 0. The van der Waals surface area contributed by atoms with Crippen molar-refractivity contribution in [2.45, 2.75) is 24.5 Å². The second kappa shape index (κ2) is 5.76. The second-order valence-electron chi connectivity index (χ2n) is 4.89. The summed E-state index contributed by atoms with van der Waals surface area (Å²) in [6.45, 7) is -0.625. The van der Waals surface area contributed by atoms with Gasteiger partial charge in [0.15, 0.2) is 17.4 Å². The van der Waals surface area contributed by atoms with Crippen LogP contribution in [0.3, 0.4) is 0 Å². The molecule has 1 aliphatic rings. The van der Waals surface area contributed by atoms with Gasteiger partial charge >= 0.3 is 7.82 Å². The van der Waals surface area contributed by atoms with Crippen LogP contribution in [0.1, 0.15) is 6.23 Å². The molecule has 1 saturated heterocycles. The molecule has 1 unspecified atom stereocenters. The zero-order valence-corrected chi connectivity index (χ0v) is 12.3. The first-order valence-corrected chi connectivity index (χ1v) is 7.93. The van der Waals surface area contributed by atoms with Crippen LogP contribution in [0.15, 0.2) is 17.4 Å². The van der Waals surface area contributed by atoms with Gasteiger partial charge in [0.05, 0.1) is 19.3 Å². The van der Waals surface area contributed by atoms with E-state index in [4.69, 9.17) is 14.5 Å². The van der Waals surface area contributed by atoms with E-state index in [2.05, 4.69) is 19.5 Å². The third-order valence-electron chi connectivity index (χ3n) is 3.38. The smallest absolute Gasteiger partial charge is 0.387 e. The van der Waals surface area contributed by atoms with E-state index < -0.39 is 44.5 Å². The molecule has 0 bridgehead atoms. The topological polar surface area (TPSA) is 180 Å². The predicted molar refractivity (Wildman–Crippen MR) is 72.1 cm³/mol. The highest BCUT2D eigenvalue weighted by Crippen LogP contribution is 2.38. The van der Waals surface area contributed by atoms with Crippen molar-refractivity contribution in [3.8, 4) is 0 Å². The summed E-state index contributed by atoms with van der Waals surface area (Å²) in [5, 5.41) is 20.0. The van der Waals surface area contributed by atoms with E-state index >= 15 is 0 Å². The molecular weight excluding hydrogens is 335 g/mol. The maximum Gasteiger partial charge on any atom is 0.469 e. The summed E-state index contributed by atoms with van der Waals surface area (Å²) in [6.07, 6.45) is -2.85. The molecule has 23 heavy (non-hydrogen) atoms. The van der Waals surface area contributed by atoms with Crippen LogP contribution in [0.4, 0.5) is 0 Å². The van der Waals surface area contributed by atoms with E-state index in [-0.39, 0.29) is 11.2 Å². The number of nitrogens with one attached hydrogen (secondary N) is 1. The highest BCUT2D eigenvalue weighted by Gasteiger charge is 2.45. The molecule has 2 aromatic heterocycles. The highest BCUT2D eigenvalue weighted by atomic mass is 31.2. The number of phosphoric acid groups is 1. The number of hydrogen-bond acceptors (Lipinski definition) is 8. The van der Waals surface area contributed by atoms with Gasteiger partial charge < -0.3 is 29.7 Å². The van der Waals surface area contributed by atoms with Gasteiger partial charge in [0.2, 0.25) is 0 Å². The number of aliphatic hydroxyl groups is 2. The van der Waals surface area contributed by atoms with Crippen LogP contribution in [0.25, 0.3) is 11.2 Å². The molecule has 4 atom stereocenters. The lowest BCUT2D eigenvalue weighted by Crippen LogP contribution is -2.33. The van der Waals surface area contributed by atoms with E-state index in [1.165, 1.54) is 10.9 Å². The molecule has 0 amide bonds. The number of ether oxygens (including phenoxy) is 1. The van der Waals surface area contributed by atoms with Crippen molar-refractivity contribution in [2.24, 2.45) is 0 Å². The zero-order chi connectivity index (χ0) is 16.8. The minimum absolute atomic E-state index is 0.0210. The summed E-state index contributed by atoms with van der Waals surface area (Å²) in [6, 6.07) is 0. The van der Waals surface area contributed by atoms with Crippen LogP contribution in [-0.2, 0) is 13.8 Å². The third-order valence-corrected chi connectivity index (χ3v) is 3.87. The summed E-state index contributed by atoms with van der Waals surface area (Å²) in [5.74, 6) is 0. The van der Waals surface area contributed by atoms with Gasteiger partial charge in [-0.1, -0.05) is 0 Å². The Morgan fingerprint density at radius 2 is 2.09 bits per heavy atom. The van der Waals surface area contributed by atoms with Crippen LogP contribution < -0.4 is 5.56 Å². The molecule has 0 aliphatic carbocycles. The number of phosphoric ester groups is 1. The molecule has 1 aliphatic heterocycles. The molecule has 0 radical (unpaired) electrons. The Kier molecular flexibility index (Phi) is 4.06. The van der Waals surface area contributed by atoms with Crippen LogP contribution >= 0.6 is 7.82 Å². The molecule has 2 aromatic rings. The van der Waals surface area contributed by atoms with Crippen molar-refractivity contribution >= 4 is 19.0 Å². The van der Waals surface area contributed by atoms with Crippen LogP contribution in [0.5, 0.6) is 0 Å². The lowest BCUT2D eigenvalue weighted by atomic mass is 10.1. The van der Waals surface area contributed by atoms with Gasteiger partial charge in [-0.3, -0.25) is 13.9 Å². The number of rotatable bonds is 4. The van der Waals surface area contributed by atoms with E-state index in [1.54, 1.807) is 0 Å². The number of aliphatic hydroxyl groups excluding tert-OH is 2. The average Bonchev–Trinajstić information content (AvgIpc) is 3.01. The first kappa shape index (κ1) is 16.2. The van der Waals surface area contributed by atoms with Crippen LogP contribution in [0, 0.1) is 0 Å². The molecule has 13 heteroatoms. The molecule has 3 heterocycles. The second-order valence-corrected chi connectivity index (χ2v) is 6.13. The van der Waals surface area contributed by atoms with Crippen molar-refractivity contribution in [3.63, 3.8) is 0 Å². The number of imidazole rings is 1. The lowest BCUT2D eigenvalue weighted by Gasteiger charge is -2.16. The molecule has 12 nitrogen and oxygen atoms in total. The monoisotopic (exact) mass is 348 g/mol. The minimum Gasteiger partial charge on any atom is -0.387 e. The van der Waals surface area contributed by atoms with E-state index in [0.29, 0.717) is 0 Å². The Balaban J connectivity index is 1.87. The number of hydrogen-bond donors (Lipinski definition) is 5. The largest absolute Gasteiger partial charge is 0.469 e. The van der Waals surface area contributed by atoms with E-state index in [0.717, 1.165) is 6.33 Å². The van der Waals surface area contributed by atoms with Crippen molar-refractivity contribution in [1.29, 1.82) is 0 Å². The van der Waals surface area contributed by atoms with Gasteiger partial charge in [0, 0.05) is 0 Å². The van der Waals surface area contributed by atoms with Gasteiger partial charge in [0.1, 0.15) is 18.3 Å². The van der Waals surface area contributed by atoms with Gasteiger partial charge in [-0.2, -0.15) is 0 Å². The fourth-order valence-corrected chi connectivity index (χ4v) is 2.66. The Bertz CT molecular complexity index is 815. The van der Waals surface area contributed by atoms with Gasteiger partial charge in [-0.25, -0.2) is 14.5 Å². The zero-order valence-electron chi connectivity index (χ0n) is 11.4. The van der Waals surface area contributed by atoms with E-state index in [1.807, 2.05) is 0 Å². The maximum absolute atomic E-state index is 11.6. The summed E-state index contributed by atoms with van der Waals surface area (Å²) in [4.78, 5) is 39.1. The normalized spacial score (nSPS) is 28.5. The number of aromatic nitrogens is 4. The third kappa shape index (κ3) is 3.05. The van der Waals surface area contributed by atoms with Gasteiger partial charge in [0.25, 0.3) is 5.56 Å². The summed E-state index contributed by atoms with van der Waals surface area (Å²) in [7, 11) is -4.74. The lowest BCUT2D eigenvalue weighted by molar-refractivity contribution is -0.0504.